The highest BCUT2D eigenvalue weighted by Crippen LogP contribution is 2.22. The predicted molar refractivity (Wildman–Crippen MR) is 87.5 cm³/mol. The van der Waals surface area contributed by atoms with Crippen LogP contribution in [0.2, 0.25) is 0 Å². The highest BCUT2D eigenvalue weighted by atomic mass is 32.2. The lowest BCUT2D eigenvalue weighted by molar-refractivity contribution is 0.303. The Bertz CT molecular complexity index is 514. The molecule has 0 saturated heterocycles. The van der Waals surface area contributed by atoms with Gasteiger partial charge in [0, 0.05) is 13.1 Å². The minimum atomic E-state index is -3.41. The van der Waals surface area contributed by atoms with E-state index < -0.39 is 10.0 Å². The highest BCUT2D eigenvalue weighted by Gasteiger charge is 2.25. The molecule has 0 amide bonds. The average Bonchev–Trinajstić information content (AvgIpc) is 2.47. The minimum absolute atomic E-state index is 0.0389. The summed E-state index contributed by atoms with van der Waals surface area (Å²) < 4.78 is 26.5. The quantitative estimate of drug-likeness (QED) is 0.802. The number of hydrogen-bond donors (Lipinski definition) is 1. The summed E-state index contributed by atoms with van der Waals surface area (Å²) in [7, 11) is -1.76. The van der Waals surface area contributed by atoms with Gasteiger partial charge in [-0.2, -0.15) is 4.31 Å². The van der Waals surface area contributed by atoms with Gasteiger partial charge in [0.15, 0.2) is 0 Å². The van der Waals surface area contributed by atoms with Crippen molar-refractivity contribution in [2.45, 2.75) is 44.6 Å². The first-order chi connectivity index (χ1) is 9.80. The molecule has 1 aromatic carbocycles. The van der Waals surface area contributed by atoms with Crippen LogP contribution in [0.3, 0.4) is 0 Å². The standard InChI is InChI=1S/C16H28N2O2S/c1-13(2)15(12-17)11-10-14(3)18(4)21(19,20)16-8-6-5-7-9-16/h5-9,13-15H,10-12,17H2,1-4H3/t14-,15+/m0/s1. The lowest BCUT2D eigenvalue weighted by Gasteiger charge is -2.27. The SMILES string of the molecule is CC(C)[C@@H](CN)CC[C@H](C)N(C)S(=O)(=O)c1ccccc1. The maximum atomic E-state index is 12.5. The van der Waals surface area contributed by atoms with Gasteiger partial charge in [0.2, 0.25) is 10.0 Å². The number of rotatable bonds is 8. The van der Waals surface area contributed by atoms with Crippen LogP contribution in [0.1, 0.15) is 33.6 Å². The van der Waals surface area contributed by atoms with Gasteiger partial charge in [0.25, 0.3) is 0 Å². The van der Waals surface area contributed by atoms with Crippen LogP contribution in [-0.4, -0.2) is 32.4 Å². The average molecular weight is 312 g/mol. The number of benzene rings is 1. The molecule has 2 atom stereocenters. The fourth-order valence-electron chi connectivity index (χ4n) is 2.36. The van der Waals surface area contributed by atoms with Gasteiger partial charge >= 0.3 is 0 Å². The van der Waals surface area contributed by atoms with Crippen molar-refractivity contribution in [1.29, 1.82) is 0 Å². The molecule has 2 N–H and O–H groups in total. The normalized spacial score (nSPS) is 15.4. The molecule has 0 spiro atoms. The van der Waals surface area contributed by atoms with Crippen molar-refractivity contribution in [1.82, 2.24) is 4.31 Å². The Labute approximate surface area is 129 Å². The molecule has 0 heterocycles. The van der Waals surface area contributed by atoms with E-state index >= 15 is 0 Å². The summed E-state index contributed by atoms with van der Waals surface area (Å²) in [4.78, 5) is 0.346. The van der Waals surface area contributed by atoms with E-state index in [4.69, 9.17) is 5.73 Å². The van der Waals surface area contributed by atoms with Crippen LogP contribution in [0.5, 0.6) is 0 Å². The zero-order chi connectivity index (χ0) is 16.0. The third-order valence-corrected chi connectivity index (χ3v) is 6.23. The first-order valence-corrected chi connectivity index (χ1v) is 8.97. The summed E-state index contributed by atoms with van der Waals surface area (Å²) >= 11 is 0. The molecule has 1 aromatic rings. The summed E-state index contributed by atoms with van der Waals surface area (Å²) in [5.74, 6) is 0.971. The second-order valence-electron chi connectivity index (χ2n) is 6.00. The predicted octanol–water partition coefficient (Wildman–Crippen LogP) is 2.71. The molecule has 0 aliphatic carbocycles. The maximum absolute atomic E-state index is 12.5. The van der Waals surface area contributed by atoms with Crippen molar-refractivity contribution < 1.29 is 8.42 Å². The van der Waals surface area contributed by atoms with Gasteiger partial charge in [0.05, 0.1) is 4.90 Å². The van der Waals surface area contributed by atoms with Crippen molar-refractivity contribution in [2.24, 2.45) is 17.6 Å². The van der Waals surface area contributed by atoms with E-state index in [2.05, 4.69) is 13.8 Å². The second kappa shape index (κ2) is 7.92. The fraction of sp³-hybridized carbons (Fsp3) is 0.625. The number of sulfonamides is 1. The molecular formula is C16H28N2O2S. The van der Waals surface area contributed by atoms with Gasteiger partial charge in [0.1, 0.15) is 0 Å². The molecule has 0 unspecified atom stereocenters. The molecular weight excluding hydrogens is 284 g/mol. The van der Waals surface area contributed by atoms with Crippen LogP contribution in [0.25, 0.3) is 0 Å². The lowest BCUT2D eigenvalue weighted by Crippen LogP contribution is -2.36. The fourth-order valence-corrected chi connectivity index (χ4v) is 3.77. The Hall–Kier alpha value is -0.910. The van der Waals surface area contributed by atoms with Crippen LogP contribution in [0.15, 0.2) is 35.2 Å². The zero-order valence-electron chi connectivity index (χ0n) is 13.5. The van der Waals surface area contributed by atoms with E-state index in [1.807, 2.05) is 13.0 Å². The Morgan fingerprint density at radius 3 is 2.14 bits per heavy atom. The van der Waals surface area contributed by atoms with Gasteiger partial charge in [-0.25, -0.2) is 8.42 Å². The molecule has 0 aliphatic rings. The first-order valence-electron chi connectivity index (χ1n) is 7.53. The number of nitrogens with two attached hydrogens (primary N) is 1. The van der Waals surface area contributed by atoms with E-state index in [-0.39, 0.29) is 6.04 Å². The Morgan fingerprint density at radius 2 is 1.67 bits per heavy atom. The van der Waals surface area contributed by atoms with Crippen LogP contribution in [0, 0.1) is 11.8 Å². The maximum Gasteiger partial charge on any atom is 0.243 e. The van der Waals surface area contributed by atoms with Gasteiger partial charge in [-0.15, -0.1) is 0 Å². The van der Waals surface area contributed by atoms with E-state index in [0.29, 0.717) is 23.3 Å². The van der Waals surface area contributed by atoms with E-state index in [1.54, 1.807) is 31.3 Å². The summed E-state index contributed by atoms with van der Waals surface area (Å²) in [5, 5.41) is 0. The summed E-state index contributed by atoms with van der Waals surface area (Å²) in [6.07, 6.45) is 1.77. The Balaban J connectivity index is 2.72. The molecule has 0 aliphatic heterocycles. The molecule has 4 nitrogen and oxygen atoms in total. The summed E-state index contributed by atoms with van der Waals surface area (Å²) in [6.45, 7) is 6.92. The van der Waals surface area contributed by atoms with Crippen molar-refractivity contribution >= 4 is 10.0 Å². The van der Waals surface area contributed by atoms with Gasteiger partial charge in [-0.1, -0.05) is 32.0 Å². The molecule has 120 valence electrons. The van der Waals surface area contributed by atoms with Crippen molar-refractivity contribution in [3.63, 3.8) is 0 Å². The van der Waals surface area contributed by atoms with Gasteiger partial charge in [-0.05, 0) is 50.3 Å². The molecule has 0 fully saturated rings. The van der Waals surface area contributed by atoms with Crippen LogP contribution < -0.4 is 5.73 Å². The summed E-state index contributed by atoms with van der Waals surface area (Å²) in [6, 6.07) is 8.54. The smallest absolute Gasteiger partial charge is 0.243 e. The molecule has 0 saturated carbocycles. The zero-order valence-corrected chi connectivity index (χ0v) is 14.3. The monoisotopic (exact) mass is 312 g/mol. The number of nitrogens with zero attached hydrogens (tertiary/aromatic N) is 1. The Kier molecular flexibility index (Phi) is 6.84. The lowest BCUT2D eigenvalue weighted by atomic mass is 9.90. The van der Waals surface area contributed by atoms with Crippen LogP contribution in [0.4, 0.5) is 0 Å². The minimum Gasteiger partial charge on any atom is -0.330 e. The van der Waals surface area contributed by atoms with Crippen LogP contribution in [-0.2, 0) is 10.0 Å². The van der Waals surface area contributed by atoms with Crippen molar-refractivity contribution in [3.8, 4) is 0 Å². The van der Waals surface area contributed by atoms with Gasteiger partial charge in [-0.3, -0.25) is 0 Å². The largest absolute Gasteiger partial charge is 0.330 e. The third-order valence-electron chi connectivity index (χ3n) is 4.24. The second-order valence-corrected chi connectivity index (χ2v) is 8.00. The number of hydrogen-bond acceptors (Lipinski definition) is 3. The Morgan fingerprint density at radius 1 is 1.10 bits per heavy atom. The van der Waals surface area contributed by atoms with Gasteiger partial charge < -0.3 is 5.73 Å². The van der Waals surface area contributed by atoms with E-state index in [0.717, 1.165) is 12.8 Å². The topological polar surface area (TPSA) is 63.4 Å². The molecule has 0 bridgehead atoms. The molecule has 5 heteroatoms. The third kappa shape index (κ3) is 4.80. The summed E-state index contributed by atoms with van der Waals surface area (Å²) in [5.41, 5.74) is 5.78. The van der Waals surface area contributed by atoms with E-state index in [1.165, 1.54) is 4.31 Å². The van der Waals surface area contributed by atoms with Crippen molar-refractivity contribution in [3.05, 3.63) is 30.3 Å². The molecule has 1 rings (SSSR count). The molecule has 21 heavy (non-hydrogen) atoms. The van der Waals surface area contributed by atoms with Crippen molar-refractivity contribution in [2.75, 3.05) is 13.6 Å². The molecule has 0 aromatic heterocycles. The molecule has 0 radical (unpaired) electrons. The van der Waals surface area contributed by atoms with Crippen LogP contribution >= 0.6 is 0 Å². The highest BCUT2D eigenvalue weighted by molar-refractivity contribution is 7.89. The van der Waals surface area contributed by atoms with E-state index in [9.17, 15) is 8.42 Å². The first kappa shape index (κ1) is 18.1.